The lowest BCUT2D eigenvalue weighted by Gasteiger charge is -2.00. The van der Waals surface area contributed by atoms with E-state index >= 15 is 0 Å². The van der Waals surface area contributed by atoms with Crippen LogP contribution in [0.3, 0.4) is 0 Å². The van der Waals surface area contributed by atoms with Crippen molar-refractivity contribution >= 4 is 10.9 Å². The summed E-state index contributed by atoms with van der Waals surface area (Å²) in [6.07, 6.45) is 5.42. The predicted octanol–water partition coefficient (Wildman–Crippen LogP) is 2.62. The molecule has 3 nitrogen and oxygen atoms in total. The van der Waals surface area contributed by atoms with Crippen LogP contribution in [-0.4, -0.2) is 15.2 Å². The first-order valence-electron chi connectivity index (χ1n) is 4.77. The number of rotatable bonds is 1. The summed E-state index contributed by atoms with van der Waals surface area (Å²) in [4.78, 5) is 4.00. The molecule has 0 aliphatic heterocycles. The number of nitrogens with zero attached hydrogens (tertiary/aromatic N) is 2. The monoisotopic (exact) mass is 195 g/mol. The van der Waals surface area contributed by atoms with Crippen molar-refractivity contribution in [2.24, 2.45) is 0 Å². The average molecular weight is 195 g/mol. The Hall–Kier alpha value is -2.16. The molecule has 0 aliphatic carbocycles. The number of H-pyrrole nitrogens is 1. The van der Waals surface area contributed by atoms with Crippen LogP contribution < -0.4 is 0 Å². The molecule has 72 valence electrons. The minimum Gasteiger partial charge on any atom is -0.278 e. The van der Waals surface area contributed by atoms with Gasteiger partial charge in [0.05, 0.1) is 11.7 Å². The molecule has 3 rings (SSSR count). The van der Waals surface area contributed by atoms with Crippen LogP contribution in [0, 0.1) is 0 Å². The molecule has 0 radical (unpaired) electrons. The summed E-state index contributed by atoms with van der Waals surface area (Å²) in [5, 5.41) is 8.10. The molecular weight excluding hydrogens is 186 g/mol. The number of hydrogen-bond donors (Lipinski definition) is 1. The standard InChI is InChI=1S/C12H9N3/c1-2-11-8-14-15-12(11)7-10(1)9-3-5-13-6-4-9/h1-8H,(H,14,15). The van der Waals surface area contributed by atoms with Crippen LogP contribution in [0.15, 0.2) is 48.9 Å². The normalized spacial score (nSPS) is 10.7. The Morgan fingerprint density at radius 3 is 2.67 bits per heavy atom. The third kappa shape index (κ3) is 1.38. The molecule has 0 atom stereocenters. The highest BCUT2D eigenvalue weighted by Gasteiger charge is 1.99. The summed E-state index contributed by atoms with van der Waals surface area (Å²) in [7, 11) is 0. The van der Waals surface area contributed by atoms with Gasteiger partial charge in [0.1, 0.15) is 0 Å². The fourth-order valence-electron chi connectivity index (χ4n) is 1.66. The Labute approximate surface area is 86.8 Å². The summed E-state index contributed by atoms with van der Waals surface area (Å²) in [5.41, 5.74) is 3.40. The quantitative estimate of drug-likeness (QED) is 0.648. The third-order valence-corrected chi connectivity index (χ3v) is 2.46. The van der Waals surface area contributed by atoms with E-state index in [-0.39, 0.29) is 0 Å². The Kier molecular flexibility index (Phi) is 1.75. The largest absolute Gasteiger partial charge is 0.278 e. The van der Waals surface area contributed by atoms with Crippen molar-refractivity contribution in [3.05, 3.63) is 48.9 Å². The Morgan fingerprint density at radius 2 is 1.80 bits per heavy atom. The van der Waals surface area contributed by atoms with Gasteiger partial charge in [-0.1, -0.05) is 12.1 Å². The molecule has 0 spiro atoms. The van der Waals surface area contributed by atoms with E-state index in [1.165, 1.54) is 11.1 Å². The van der Waals surface area contributed by atoms with Crippen LogP contribution in [0.4, 0.5) is 0 Å². The van der Waals surface area contributed by atoms with Gasteiger partial charge in [0.2, 0.25) is 0 Å². The lowest BCUT2D eigenvalue weighted by Crippen LogP contribution is -1.78. The van der Waals surface area contributed by atoms with Crippen molar-refractivity contribution in [3.8, 4) is 11.1 Å². The number of pyridine rings is 1. The maximum atomic E-state index is 4.00. The van der Waals surface area contributed by atoms with Crippen molar-refractivity contribution in [1.82, 2.24) is 15.2 Å². The summed E-state index contributed by atoms with van der Waals surface area (Å²) in [6, 6.07) is 10.2. The molecule has 1 N–H and O–H groups in total. The molecule has 0 fully saturated rings. The second-order valence-corrected chi connectivity index (χ2v) is 3.41. The summed E-state index contributed by atoms with van der Waals surface area (Å²) < 4.78 is 0. The van der Waals surface area contributed by atoms with Gasteiger partial charge in [0.15, 0.2) is 0 Å². The number of nitrogens with one attached hydrogen (secondary N) is 1. The second kappa shape index (κ2) is 3.20. The van der Waals surface area contributed by atoms with Gasteiger partial charge in [-0.25, -0.2) is 0 Å². The fraction of sp³-hybridized carbons (Fsp3) is 0. The average Bonchev–Trinajstić information content (AvgIpc) is 2.77. The number of aromatic nitrogens is 3. The number of benzene rings is 1. The Balaban J connectivity index is 2.19. The molecule has 0 aliphatic rings. The highest BCUT2D eigenvalue weighted by Crippen LogP contribution is 2.22. The zero-order valence-corrected chi connectivity index (χ0v) is 8.01. The van der Waals surface area contributed by atoms with E-state index in [4.69, 9.17) is 0 Å². The number of hydrogen-bond acceptors (Lipinski definition) is 2. The van der Waals surface area contributed by atoms with Crippen molar-refractivity contribution in [2.75, 3.05) is 0 Å². The molecule has 2 aromatic heterocycles. The zero-order chi connectivity index (χ0) is 10.1. The van der Waals surface area contributed by atoms with Gasteiger partial charge in [0, 0.05) is 17.8 Å². The SMILES string of the molecule is c1cc(-c2ccc3cn[nH]c3c2)ccn1. The van der Waals surface area contributed by atoms with Gasteiger partial charge in [-0.3, -0.25) is 10.1 Å². The topological polar surface area (TPSA) is 41.6 Å². The molecule has 0 saturated heterocycles. The Bertz CT molecular complexity index is 584. The number of fused-ring (bicyclic) bond motifs is 1. The van der Waals surface area contributed by atoms with Gasteiger partial charge in [0.25, 0.3) is 0 Å². The van der Waals surface area contributed by atoms with Crippen LogP contribution in [0.2, 0.25) is 0 Å². The second-order valence-electron chi connectivity index (χ2n) is 3.41. The van der Waals surface area contributed by atoms with Gasteiger partial charge in [-0.15, -0.1) is 0 Å². The first-order valence-corrected chi connectivity index (χ1v) is 4.77. The van der Waals surface area contributed by atoms with Crippen LogP contribution in [0.1, 0.15) is 0 Å². The lowest BCUT2D eigenvalue weighted by atomic mass is 10.1. The van der Waals surface area contributed by atoms with E-state index in [0.29, 0.717) is 0 Å². The van der Waals surface area contributed by atoms with Gasteiger partial charge >= 0.3 is 0 Å². The van der Waals surface area contributed by atoms with Crippen molar-refractivity contribution in [3.63, 3.8) is 0 Å². The maximum absolute atomic E-state index is 4.00. The van der Waals surface area contributed by atoms with E-state index < -0.39 is 0 Å². The molecule has 0 unspecified atom stereocenters. The zero-order valence-electron chi connectivity index (χ0n) is 8.01. The molecule has 0 saturated carbocycles. The van der Waals surface area contributed by atoms with E-state index in [2.05, 4.69) is 33.4 Å². The van der Waals surface area contributed by atoms with Crippen LogP contribution in [-0.2, 0) is 0 Å². The molecule has 2 heterocycles. The van der Waals surface area contributed by atoms with E-state index in [1.807, 2.05) is 18.3 Å². The van der Waals surface area contributed by atoms with E-state index in [9.17, 15) is 0 Å². The van der Waals surface area contributed by atoms with Crippen LogP contribution in [0.5, 0.6) is 0 Å². The Morgan fingerprint density at radius 1 is 0.933 bits per heavy atom. The summed E-state index contributed by atoms with van der Waals surface area (Å²) in [5.74, 6) is 0. The molecule has 3 aromatic rings. The highest BCUT2D eigenvalue weighted by atomic mass is 15.1. The molecular formula is C12H9N3. The van der Waals surface area contributed by atoms with E-state index in [1.54, 1.807) is 12.4 Å². The summed E-state index contributed by atoms with van der Waals surface area (Å²) >= 11 is 0. The van der Waals surface area contributed by atoms with Crippen molar-refractivity contribution in [1.29, 1.82) is 0 Å². The summed E-state index contributed by atoms with van der Waals surface area (Å²) in [6.45, 7) is 0. The maximum Gasteiger partial charge on any atom is 0.0656 e. The molecule has 0 bridgehead atoms. The fourth-order valence-corrected chi connectivity index (χ4v) is 1.66. The molecule has 1 aromatic carbocycles. The van der Waals surface area contributed by atoms with Crippen molar-refractivity contribution in [2.45, 2.75) is 0 Å². The minimum atomic E-state index is 1.06. The van der Waals surface area contributed by atoms with Crippen molar-refractivity contribution < 1.29 is 0 Å². The molecule has 0 amide bonds. The lowest BCUT2D eigenvalue weighted by molar-refractivity contribution is 1.12. The number of aromatic amines is 1. The van der Waals surface area contributed by atoms with Crippen LogP contribution >= 0.6 is 0 Å². The minimum absolute atomic E-state index is 1.06. The molecule has 15 heavy (non-hydrogen) atoms. The van der Waals surface area contributed by atoms with Gasteiger partial charge in [-0.05, 0) is 29.3 Å². The highest BCUT2D eigenvalue weighted by molar-refractivity contribution is 5.83. The third-order valence-electron chi connectivity index (χ3n) is 2.46. The van der Waals surface area contributed by atoms with Crippen LogP contribution in [0.25, 0.3) is 22.0 Å². The van der Waals surface area contributed by atoms with Gasteiger partial charge < -0.3 is 0 Å². The predicted molar refractivity (Wildman–Crippen MR) is 59.3 cm³/mol. The molecule has 3 heteroatoms. The first-order chi connectivity index (χ1) is 7.43. The first kappa shape index (κ1) is 8.17. The van der Waals surface area contributed by atoms with Gasteiger partial charge in [-0.2, -0.15) is 5.10 Å². The van der Waals surface area contributed by atoms with E-state index in [0.717, 1.165) is 10.9 Å². The smallest absolute Gasteiger partial charge is 0.0656 e.